The Kier molecular flexibility index (Phi) is 7.40. The molecule has 0 amide bonds. The molecule has 3 aromatic rings. The number of aliphatic hydroxyl groups is 1. The van der Waals surface area contributed by atoms with Crippen molar-refractivity contribution in [1.29, 1.82) is 0 Å². The number of hydrogen-bond acceptors (Lipinski definition) is 11. The normalized spacial score (nSPS) is 16.4. The molecule has 0 aliphatic carbocycles. The molecule has 0 unspecified atom stereocenters. The average molecular weight is 552 g/mol. The third-order valence-electron chi connectivity index (χ3n) is 6.36. The summed E-state index contributed by atoms with van der Waals surface area (Å²) < 4.78 is 53.5. The van der Waals surface area contributed by atoms with Gasteiger partial charge in [0, 0.05) is 17.7 Å². The number of hydrazone groups is 1. The molecule has 1 aliphatic heterocycles. The Labute approximate surface area is 213 Å². The van der Waals surface area contributed by atoms with Crippen LogP contribution in [0.5, 0.6) is 0 Å². The minimum absolute atomic E-state index is 0.0417. The van der Waals surface area contributed by atoms with Gasteiger partial charge in [-0.25, -0.2) is 38.3 Å². The maximum atomic E-state index is 13.8. The second-order valence-electron chi connectivity index (χ2n) is 8.62. The largest absolute Gasteiger partial charge is 0.395 e. The van der Waals surface area contributed by atoms with Crippen LogP contribution in [-0.4, -0.2) is 74.1 Å². The molecule has 2 heterocycles. The molecule has 1 saturated heterocycles. The topological polar surface area (TPSA) is 249 Å². The highest BCUT2D eigenvalue weighted by molar-refractivity contribution is 7.94. The quantitative estimate of drug-likeness (QED) is 0.0755. The lowest BCUT2D eigenvalue weighted by molar-refractivity contribution is 0.174. The van der Waals surface area contributed by atoms with E-state index in [-0.39, 0.29) is 36.5 Å². The third-order valence-corrected chi connectivity index (χ3v) is 9.79. The van der Waals surface area contributed by atoms with Gasteiger partial charge in [-0.2, -0.15) is 0 Å². The first-order valence-electron chi connectivity index (χ1n) is 11.3. The van der Waals surface area contributed by atoms with Crippen LogP contribution in [0.25, 0.3) is 22.2 Å². The first-order chi connectivity index (χ1) is 17.5. The number of hydrogen-bond donors (Lipinski definition) is 7. The van der Waals surface area contributed by atoms with Gasteiger partial charge in [-0.1, -0.05) is 18.2 Å². The Balaban J connectivity index is 1.98. The number of β-amino-alcohol motifs (C(OH)–C–C–N with tert-alkyl or cyclic N) is 1. The van der Waals surface area contributed by atoms with Crippen molar-refractivity contribution in [2.45, 2.75) is 27.9 Å². The summed E-state index contributed by atoms with van der Waals surface area (Å²) in [4.78, 5) is 7.95. The number of aromatic nitrogens is 2. The summed E-state index contributed by atoms with van der Waals surface area (Å²) in [5, 5.41) is 17.7. The number of nitrogens with one attached hydrogen (secondary N) is 2. The number of nitrogens with two attached hydrogens (primary N) is 4. The molecule has 16 heteroatoms. The molecule has 2 aromatic carbocycles. The number of sulfonamides is 1. The zero-order valence-corrected chi connectivity index (χ0v) is 21.4. The second kappa shape index (κ2) is 10.2. The number of hydrazine groups is 1. The molecule has 0 radical (unpaired) electrons. The van der Waals surface area contributed by atoms with Crippen molar-refractivity contribution in [2.75, 3.05) is 32.0 Å². The first kappa shape index (κ1) is 26.8. The van der Waals surface area contributed by atoms with Crippen LogP contribution >= 0.6 is 0 Å². The number of fused-ring (bicyclic) bond motifs is 1. The lowest BCUT2D eigenvalue weighted by Crippen LogP contribution is -2.41. The van der Waals surface area contributed by atoms with Crippen LogP contribution in [0.2, 0.25) is 0 Å². The lowest BCUT2D eigenvalue weighted by Gasteiger charge is -2.31. The van der Waals surface area contributed by atoms with E-state index >= 15 is 0 Å². The SMILES string of the molecule is NN/N=C(\N)c1c(-c2cccc3[nH]c(N)nc23)ccc(S(=O)(=O)C2CCN(CCO)CC2)c1S(N)(=O)=O. The van der Waals surface area contributed by atoms with Crippen LogP contribution in [0.4, 0.5) is 5.95 Å². The van der Waals surface area contributed by atoms with Gasteiger partial charge in [0.15, 0.2) is 21.6 Å². The molecule has 11 N–H and O–H groups in total. The zero-order chi connectivity index (χ0) is 27.0. The molecule has 1 fully saturated rings. The first-order valence-corrected chi connectivity index (χ1v) is 14.4. The van der Waals surface area contributed by atoms with E-state index < -0.39 is 40.7 Å². The Morgan fingerprint density at radius 2 is 1.86 bits per heavy atom. The number of imidazole rings is 1. The van der Waals surface area contributed by atoms with Gasteiger partial charge < -0.3 is 26.5 Å². The van der Waals surface area contributed by atoms with Crippen LogP contribution in [-0.2, 0) is 19.9 Å². The molecular formula is C21H29N9O5S2. The van der Waals surface area contributed by atoms with Crippen molar-refractivity contribution in [3.8, 4) is 11.1 Å². The second-order valence-corrected chi connectivity index (χ2v) is 12.3. The number of amidine groups is 1. The fourth-order valence-electron chi connectivity index (χ4n) is 4.71. The molecule has 0 spiro atoms. The summed E-state index contributed by atoms with van der Waals surface area (Å²) in [5.41, 5.74) is 15.4. The number of sulfone groups is 1. The number of para-hydroxylation sites is 1. The summed E-state index contributed by atoms with van der Waals surface area (Å²) in [5.74, 6) is 5.05. The number of anilines is 1. The van der Waals surface area contributed by atoms with Crippen molar-refractivity contribution in [1.82, 2.24) is 20.4 Å². The van der Waals surface area contributed by atoms with E-state index in [4.69, 9.17) is 22.4 Å². The van der Waals surface area contributed by atoms with Crippen LogP contribution < -0.4 is 28.0 Å². The maximum absolute atomic E-state index is 13.8. The number of benzene rings is 2. The van der Waals surface area contributed by atoms with Crippen LogP contribution in [0.3, 0.4) is 0 Å². The number of likely N-dealkylation sites (tertiary alicyclic amines) is 1. The number of nitrogens with zero attached hydrogens (tertiary/aromatic N) is 3. The summed E-state index contributed by atoms with van der Waals surface area (Å²) >= 11 is 0. The molecule has 37 heavy (non-hydrogen) atoms. The van der Waals surface area contributed by atoms with E-state index in [1.165, 1.54) is 12.1 Å². The lowest BCUT2D eigenvalue weighted by atomic mass is 9.97. The number of aliphatic hydroxyl groups excluding tert-OH is 1. The Hall–Kier alpha value is -3.28. The summed E-state index contributed by atoms with van der Waals surface area (Å²) in [6.07, 6.45) is 0.506. The molecule has 0 bridgehead atoms. The number of nitrogen functional groups attached to an aromatic ring is 1. The third kappa shape index (κ3) is 5.11. The zero-order valence-electron chi connectivity index (χ0n) is 19.8. The van der Waals surface area contributed by atoms with E-state index in [9.17, 15) is 21.9 Å². The Morgan fingerprint density at radius 1 is 1.16 bits per heavy atom. The van der Waals surface area contributed by atoms with Crippen molar-refractivity contribution < 1.29 is 21.9 Å². The van der Waals surface area contributed by atoms with E-state index in [0.29, 0.717) is 36.2 Å². The van der Waals surface area contributed by atoms with Crippen molar-refractivity contribution in [3.05, 3.63) is 35.9 Å². The van der Waals surface area contributed by atoms with Crippen LogP contribution in [0.1, 0.15) is 18.4 Å². The molecular weight excluding hydrogens is 522 g/mol. The standard InChI is InChI=1S/C21H29N9O5S2/c22-20(28-29-24)17-13(14-2-1-3-15-18(14)27-21(23)26-15)4-5-16(19(17)37(25,34)35)36(32,33)12-6-8-30(9-7-12)10-11-31/h1-5,12,29,31H,6-11,24H2,(H2,22,28)(H3,23,26,27)(H2,25,34,35). The number of H-pyrrole nitrogens is 1. The van der Waals surface area contributed by atoms with Crippen LogP contribution in [0.15, 0.2) is 45.2 Å². The van der Waals surface area contributed by atoms with Gasteiger partial charge in [0.1, 0.15) is 4.90 Å². The van der Waals surface area contributed by atoms with Crippen molar-refractivity contribution in [2.24, 2.45) is 21.8 Å². The molecule has 14 nitrogen and oxygen atoms in total. The predicted molar refractivity (Wildman–Crippen MR) is 139 cm³/mol. The van der Waals surface area contributed by atoms with Gasteiger partial charge in [-0.05, 0) is 43.6 Å². The van der Waals surface area contributed by atoms with Crippen molar-refractivity contribution >= 4 is 42.7 Å². The smallest absolute Gasteiger partial charge is 0.240 e. The Bertz CT molecular complexity index is 1560. The number of piperidine rings is 1. The highest BCUT2D eigenvalue weighted by Gasteiger charge is 2.37. The van der Waals surface area contributed by atoms with E-state index in [1.54, 1.807) is 18.2 Å². The highest BCUT2D eigenvalue weighted by Crippen LogP contribution is 2.38. The average Bonchev–Trinajstić information content (AvgIpc) is 3.23. The molecule has 1 aliphatic rings. The van der Waals surface area contributed by atoms with Gasteiger partial charge in [0.05, 0.1) is 27.8 Å². The molecule has 0 saturated carbocycles. The van der Waals surface area contributed by atoms with Gasteiger partial charge in [0.2, 0.25) is 10.0 Å². The predicted octanol–water partition coefficient (Wildman–Crippen LogP) is -1.23. The fourth-order valence-corrected chi connectivity index (χ4v) is 8.06. The fraction of sp³-hybridized carbons (Fsp3) is 0.333. The molecule has 200 valence electrons. The van der Waals surface area contributed by atoms with E-state index in [0.717, 1.165) is 0 Å². The van der Waals surface area contributed by atoms with Gasteiger partial charge in [-0.15, -0.1) is 5.10 Å². The van der Waals surface area contributed by atoms with Gasteiger partial charge in [-0.3, -0.25) is 0 Å². The molecule has 0 atom stereocenters. The summed E-state index contributed by atoms with van der Waals surface area (Å²) in [6, 6.07) is 7.73. The molecule has 1 aromatic heterocycles. The summed E-state index contributed by atoms with van der Waals surface area (Å²) in [6.45, 7) is 1.25. The monoisotopic (exact) mass is 551 g/mol. The number of aromatic amines is 1. The number of rotatable bonds is 8. The van der Waals surface area contributed by atoms with E-state index in [1.807, 2.05) is 10.4 Å². The number of primary sulfonamides is 1. The molecule has 4 rings (SSSR count). The van der Waals surface area contributed by atoms with Crippen molar-refractivity contribution in [3.63, 3.8) is 0 Å². The van der Waals surface area contributed by atoms with Crippen LogP contribution in [0, 0.1) is 0 Å². The Morgan fingerprint density at radius 3 is 2.49 bits per heavy atom. The van der Waals surface area contributed by atoms with Gasteiger partial charge >= 0.3 is 0 Å². The highest BCUT2D eigenvalue weighted by atomic mass is 32.2. The minimum atomic E-state index is -4.65. The van der Waals surface area contributed by atoms with Gasteiger partial charge in [0.25, 0.3) is 0 Å². The van der Waals surface area contributed by atoms with E-state index in [2.05, 4.69) is 15.1 Å². The maximum Gasteiger partial charge on any atom is 0.240 e. The summed E-state index contributed by atoms with van der Waals surface area (Å²) in [7, 11) is -8.83. The minimum Gasteiger partial charge on any atom is -0.395 e.